The Hall–Kier alpha value is -2.27. The Labute approximate surface area is 158 Å². The molecular weight excluding hydrogens is 350 g/mol. The van der Waals surface area contributed by atoms with Crippen molar-refractivity contribution in [3.05, 3.63) is 52.3 Å². The van der Waals surface area contributed by atoms with E-state index in [1.165, 1.54) is 6.20 Å². The second-order valence-corrected chi connectivity index (χ2v) is 7.07. The molecule has 3 rings (SSSR count). The van der Waals surface area contributed by atoms with E-state index in [4.69, 9.17) is 11.6 Å². The zero-order chi connectivity index (χ0) is 18.7. The Kier molecular flexibility index (Phi) is 5.67. The zero-order valence-electron chi connectivity index (χ0n) is 15.0. The first-order valence-corrected chi connectivity index (χ1v) is 9.35. The second kappa shape index (κ2) is 7.96. The number of carbonyl (C=O) groups is 2. The van der Waals surface area contributed by atoms with Crippen molar-refractivity contribution < 1.29 is 9.59 Å². The maximum atomic E-state index is 12.5. The van der Waals surface area contributed by atoms with Gasteiger partial charge in [0.1, 0.15) is 0 Å². The highest BCUT2D eigenvalue weighted by Crippen LogP contribution is 2.32. The van der Waals surface area contributed by atoms with Crippen molar-refractivity contribution in [2.75, 3.05) is 5.32 Å². The van der Waals surface area contributed by atoms with Crippen molar-refractivity contribution in [3.8, 4) is 0 Å². The minimum absolute atomic E-state index is 0.0315. The minimum atomic E-state index is -0.0775. The van der Waals surface area contributed by atoms with E-state index in [-0.39, 0.29) is 29.5 Å². The van der Waals surface area contributed by atoms with Crippen LogP contribution < -0.4 is 5.32 Å². The van der Waals surface area contributed by atoms with Crippen molar-refractivity contribution in [2.45, 2.75) is 45.4 Å². The van der Waals surface area contributed by atoms with E-state index in [2.05, 4.69) is 15.3 Å². The van der Waals surface area contributed by atoms with E-state index in [0.29, 0.717) is 29.1 Å². The van der Waals surface area contributed by atoms with E-state index >= 15 is 0 Å². The Balaban J connectivity index is 1.82. The Morgan fingerprint density at radius 2 is 1.92 bits per heavy atom. The van der Waals surface area contributed by atoms with Gasteiger partial charge in [0.15, 0.2) is 5.78 Å². The number of amides is 1. The number of nitrogens with zero attached hydrogens (tertiary/aromatic N) is 2. The summed E-state index contributed by atoms with van der Waals surface area (Å²) < 4.78 is 0. The molecule has 0 radical (unpaired) electrons. The van der Waals surface area contributed by atoms with E-state index in [0.717, 1.165) is 18.4 Å². The van der Waals surface area contributed by atoms with Crippen LogP contribution in [0.4, 0.5) is 5.95 Å². The molecule has 1 atom stereocenters. The third kappa shape index (κ3) is 3.93. The monoisotopic (exact) mass is 371 g/mol. The molecule has 0 fully saturated rings. The van der Waals surface area contributed by atoms with Crippen LogP contribution in [-0.4, -0.2) is 21.7 Å². The largest absolute Gasteiger partial charge is 0.294 e. The fraction of sp³-hybridized carbons (Fsp3) is 0.400. The number of halogens is 1. The van der Waals surface area contributed by atoms with Crippen molar-refractivity contribution in [1.29, 1.82) is 0 Å². The lowest BCUT2D eigenvalue weighted by Crippen LogP contribution is -2.25. The molecule has 1 heterocycles. The number of benzene rings is 1. The molecule has 1 amide bonds. The molecule has 0 saturated carbocycles. The van der Waals surface area contributed by atoms with E-state index in [9.17, 15) is 9.59 Å². The molecule has 1 aliphatic rings. The van der Waals surface area contributed by atoms with Gasteiger partial charge in [-0.1, -0.05) is 37.6 Å². The molecule has 1 aliphatic carbocycles. The van der Waals surface area contributed by atoms with Crippen molar-refractivity contribution in [1.82, 2.24) is 9.97 Å². The molecular formula is C20H22ClN3O2. The van der Waals surface area contributed by atoms with Gasteiger partial charge in [-0.15, -0.1) is 0 Å². The third-order valence-corrected chi connectivity index (χ3v) is 5.22. The van der Waals surface area contributed by atoms with Gasteiger partial charge in [0, 0.05) is 23.6 Å². The van der Waals surface area contributed by atoms with Gasteiger partial charge in [0.05, 0.1) is 11.3 Å². The van der Waals surface area contributed by atoms with Crippen LogP contribution in [0.1, 0.15) is 60.6 Å². The molecule has 0 bridgehead atoms. The van der Waals surface area contributed by atoms with Crippen LogP contribution >= 0.6 is 11.6 Å². The SMILES string of the molecule is CCC(CC)C(=O)Nc1ncc2c(n1)C[C@@H](c1ccc(Cl)cc1)CC2=O. The fourth-order valence-corrected chi connectivity index (χ4v) is 3.47. The van der Waals surface area contributed by atoms with E-state index in [1.807, 2.05) is 38.1 Å². The molecule has 1 aromatic carbocycles. The number of fused-ring (bicyclic) bond motifs is 1. The predicted octanol–water partition coefficient (Wildman–Crippen LogP) is 4.42. The summed E-state index contributed by atoms with van der Waals surface area (Å²) in [6.07, 6.45) is 4.14. The maximum absolute atomic E-state index is 12.5. The normalized spacial score (nSPS) is 16.5. The van der Waals surface area contributed by atoms with Crippen molar-refractivity contribution in [3.63, 3.8) is 0 Å². The van der Waals surface area contributed by atoms with Crippen LogP contribution in [0.3, 0.4) is 0 Å². The molecule has 2 aromatic rings. The number of hydrogen-bond acceptors (Lipinski definition) is 4. The van der Waals surface area contributed by atoms with Gasteiger partial charge in [-0.2, -0.15) is 0 Å². The summed E-state index contributed by atoms with van der Waals surface area (Å²) in [5.41, 5.74) is 2.31. The number of anilines is 1. The fourth-order valence-electron chi connectivity index (χ4n) is 3.35. The molecule has 6 heteroatoms. The van der Waals surface area contributed by atoms with Crippen molar-refractivity contribution in [2.24, 2.45) is 5.92 Å². The maximum Gasteiger partial charge on any atom is 0.229 e. The zero-order valence-corrected chi connectivity index (χ0v) is 15.7. The summed E-state index contributed by atoms with van der Waals surface area (Å²) in [7, 11) is 0. The molecule has 5 nitrogen and oxygen atoms in total. The summed E-state index contributed by atoms with van der Waals surface area (Å²) in [4.78, 5) is 33.4. The summed E-state index contributed by atoms with van der Waals surface area (Å²) in [6.45, 7) is 3.97. The first-order valence-electron chi connectivity index (χ1n) is 8.97. The molecule has 1 N–H and O–H groups in total. The molecule has 1 aromatic heterocycles. The average Bonchev–Trinajstić information content (AvgIpc) is 2.63. The number of ketones is 1. The average molecular weight is 372 g/mol. The molecule has 0 aliphatic heterocycles. The quantitative estimate of drug-likeness (QED) is 0.844. The highest BCUT2D eigenvalue weighted by molar-refractivity contribution is 6.30. The molecule has 0 saturated heterocycles. The predicted molar refractivity (Wildman–Crippen MR) is 102 cm³/mol. The van der Waals surface area contributed by atoms with Crippen LogP contribution in [0, 0.1) is 5.92 Å². The third-order valence-electron chi connectivity index (χ3n) is 4.97. The molecule has 26 heavy (non-hydrogen) atoms. The van der Waals surface area contributed by atoms with Crippen LogP contribution in [0.15, 0.2) is 30.5 Å². The van der Waals surface area contributed by atoms with Gasteiger partial charge in [-0.3, -0.25) is 14.9 Å². The van der Waals surface area contributed by atoms with Gasteiger partial charge < -0.3 is 0 Å². The Bertz CT molecular complexity index is 816. The van der Waals surface area contributed by atoms with E-state index < -0.39 is 0 Å². The Morgan fingerprint density at radius 3 is 2.58 bits per heavy atom. The van der Waals surface area contributed by atoms with E-state index in [1.54, 1.807) is 0 Å². The topological polar surface area (TPSA) is 72.0 Å². The summed E-state index contributed by atoms with van der Waals surface area (Å²) in [5, 5.41) is 3.45. The highest BCUT2D eigenvalue weighted by atomic mass is 35.5. The molecule has 0 spiro atoms. The summed E-state index contributed by atoms with van der Waals surface area (Å²) in [6, 6.07) is 7.56. The Morgan fingerprint density at radius 1 is 1.23 bits per heavy atom. The minimum Gasteiger partial charge on any atom is -0.294 e. The van der Waals surface area contributed by atoms with Crippen LogP contribution in [0.25, 0.3) is 0 Å². The molecule has 0 unspecified atom stereocenters. The lowest BCUT2D eigenvalue weighted by Gasteiger charge is -2.23. The van der Waals surface area contributed by atoms with Gasteiger partial charge in [0.2, 0.25) is 11.9 Å². The first-order chi connectivity index (χ1) is 12.5. The second-order valence-electron chi connectivity index (χ2n) is 6.64. The number of carbonyl (C=O) groups excluding carboxylic acids is 2. The van der Waals surface area contributed by atoms with Crippen LogP contribution in [0.5, 0.6) is 0 Å². The number of nitrogens with one attached hydrogen (secondary N) is 1. The number of rotatable bonds is 5. The number of Topliss-reactive ketones (excluding diaryl/α,β-unsaturated/α-hetero) is 1. The summed E-state index contributed by atoms with van der Waals surface area (Å²) >= 11 is 5.95. The molecule has 136 valence electrons. The standard InChI is InChI=1S/C20H22ClN3O2/c1-3-12(4-2)19(26)24-20-22-11-16-17(23-20)9-14(10-18(16)25)13-5-7-15(21)8-6-13/h5-8,11-12,14H,3-4,9-10H2,1-2H3,(H,22,23,24,26)/t14-/m1/s1. The van der Waals surface area contributed by atoms with Crippen LogP contribution in [0.2, 0.25) is 5.02 Å². The number of aromatic nitrogens is 2. The number of hydrogen-bond donors (Lipinski definition) is 1. The lowest BCUT2D eigenvalue weighted by molar-refractivity contribution is -0.120. The van der Waals surface area contributed by atoms with Gasteiger partial charge in [-0.05, 0) is 42.9 Å². The van der Waals surface area contributed by atoms with Gasteiger partial charge >= 0.3 is 0 Å². The summed E-state index contributed by atoms with van der Waals surface area (Å²) in [5.74, 6) is 0.225. The first kappa shape index (κ1) is 18.5. The smallest absolute Gasteiger partial charge is 0.229 e. The van der Waals surface area contributed by atoms with Crippen LogP contribution in [-0.2, 0) is 11.2 Å². The highest BCUT2D eigenvalue weighted by Gasteiger charge is 2.28. The van der Waals surface area contributed by atoms with Gasteiger partial charge in [-0.25, -0.2) is 9.97 Å². The van der Waals surface area contributed by atoms with Gasteiger partial charge in [0.25, 0.3) is 0 Å². The lowest BCUT2D eigenvalue weighted by atomic mass is 9.82. The van der Waals surface area contributed by atoms with Crippen molar-refractivity contribution >= 4 is 29.2 Å².